The Labute approximate surface area is 142 Å². The van der Waals surface area contributed by atoms with Crippen molar-refractivity contribution >= 4 is 11.9 Å². The number of carboxylic acids is 1. The van der Waals surface area contributed by atoms with Crippen LogP contribution in [0.3, 0.4) is 0 Å². The second kappa shape index (κ2) is 6.88. The maximum atomic E-state index is 13.2. The summed E-state index contributed by atoms with van der Waals surface area (Å²) in [6, 6.07) is 9.38. The molecule has 3 rings (SSSR count). The maximum absolute atomic E-state index is 13.2. The summed E-state index contributed by atoms with van der Waals surface area (Å²) in [6.07, 6.45) is 0.443. The highest BCUT2D eigenvalue weighted by Crippen LogP contribution is 2.25. The van der Waals surface area contributed by atoms with Gasteiger partial charge < -0.3 is 14.7 Å². The monoisotopic (exact) mass is 347 g/mol. The van der Waals surface area contributed by atoms with Crippen LogP contribution in [-0.4, -0.2) is 35.0 Å². The molecule has 1 saturated heterocycles. The minimum Gasteiger partial charge on any atom is -0.481 e. The SMILES string of the molecule is O=C(O)[C@H]1CCN(C(=O)c2ccc(Oc3ccc(F)c(F)c3)cc2)C1. The number of nitrogens with zero attached hydrogens (tertiary/aromatic N) is 1. The Bertz CT molecular complexity index is 807. The van der Waals surface area contributed by atoms with Gasteiger partial charge in [0.2, 0.25) is 0 Å². The van der Waals surface area contributed by atoms with Gasteiger partial charge in [-0.15, -0.1) is 0 Å². The van der Waals surface area contributed by atoms with Gasteiger partial charge in [-0.05, 0) is 42.8 Å². The average molecular weight is 347 g/mol. The number of rotatable bonds is 4. The average Bonchev–Trinajstić information content (AvgIpc) is 3.09. The van der Waals surface area contributed by atoms with E-state index in [2.05, 4.69) is 0 Å². The molecule has 0 unspecified atom stereocenters. The Morgan fingerprint density at radius 2 is 1.72 bits per heavy atom. The minimum atomic E-state index is -1.01. The quantitative estimate of drug-likeness (QED) is 0.921. The van der Waals surface area contributed by atoms with Crippen molar-refractivity contribution < 1.29 is 28.2 Å². The fraction of sp³-hybridized carbons (Fsp3) is 0.222. The maximum Gasteiger partial charge on any atom is 0.308 e. The fourth-order valence-electron chi connectivity index (χ4n) is 2.67. The van der Waals surface area contributed by atoms with Crippen molar-refractivity contribution in [1.29, 1.82) is 0 Å². The lowest BCUT2D eigenvalue weighted by atomic mass is 10.1. The Kier molecular flexibility index (Phi) is 4.65. The van der Waals surface area contributed by atoms with Crippen molar-refractivity contribution in [3.05, 3.63) is 59.7 Å². The highest BCUT2D eigenvalue weighted by molar-refractivity contribution is 5.95. The third kappa shape index (κ3) is 3.76. The molecule has 1 fully saturated rings. The van der Waals surface area contributed by atoms with Gasteiger partial charge in [0, 0.05) is 24.7 Å². The number of aliphatic carboxylic acids is 1. The van der Waals surface area contributed by atoms with E-state index in [0.29, 0.717) is 24.3 Å². The molecule has 1 N–H and O–H groups in total. The predicted octanol–water partition coefficient (Wildman–Crippen LogP) is 3.30. The lowest BCUT2D eigenvalue weighted by Gasteiger charge is -2.16. The standard InChI is InChI=1S/C18H15F2NO4/c19-15-6-5-14(9-16(15)20)25-13-3-1-11(2-4-13)17(22)21-8-7-12(10-21)18(23)24/h1-6,9,12H,7-8,10H2,(H,23,24)/t12-/m0/s1. The first kappa shape index (κ1) is 16.9. The van der Waals surface area contributed by atoms with Crippen LogP contribution < -0.4 is 4.74 Å². The number of benzene rings is 2. The summed E-state index contributed by atoms with van der Waals surface area (Å²) < 4.78 is 31.5. The van der Waals surface area contributed by atoms with E-state index >= 15 is 0 Å². The number of hydrogen-bond acceptors (Lipinski definition) is 3. The Hall–Kier alpha value is -2.96. The van der Waals surface area contributed by atoms with Crippen LogP contribution in [0.25, 0.3) is 0 Å². The summed E-state index contributed by atoms with van der Waals surface area (Å²) in [5.41, 5.74) is 0.406. The van der Waals surface area contributed by atoms with Crippen molar-refractivity contribution in [2.45, 2.75) is 6.42 Å². The van der Waals surface area contributed by atoms with E-state index in [1.54, 1.807) is 24.3 Å². The minimum absolute atomic E-state index is 0.141. The highest BCUT2D eigenvalue weighted by atomic mass is 19.2. The van der Waals surface area contributed by atoms with Crippen LogP contribution in [0, 0.1) is 17.6 Å². The number of amides is 1. The van der Waals surface area contributed by atoms with Crippen LogP contribution in [-0.2, 0) is 4.79 Å². The molecule has 130 valence electrons. The van der Waals surface area contributed by atoms with Gasteiger partial charge in [-0.2, -0.15) is 0 Å². The van der Waals surface area contributed by atoms with E-state index < -0.39 is 23.5 Å². The van der Waals surface area contributed by atoms with Crippen LogP contribution in [0.4, 0.5) is 8.78 Å². The largest absolute Gasteiger partial charge is 0.481 e. The number of carbonyl (C=O) groups excluding carboxylic acids is 1. The molecule has 1 aliphatic heterocycles. The third-order valence-corrected chi connectivity index (χ3v) is 4.05. The molecule has 1 heterocycles. The van der Waals surface area contributed by atoms with Gasteiger partial charge in [-0.3, -0.25) is 9.59 Å². The first-order valence-electron chi connectivity index (χ1n) is 7.69. The lowest BCUT2D eigenvalue weighted by molar-refractivity contribution is -0.141. The molecule has 1 atom stereocenters. The summed E-state index contributed by atoms with van der Waals surface area (Å²) >= 11 is 0. The second-order valence-electron chi connectivity index (χ2n) is 5.78. The number of halogens is 2. The molecule has 1 aliphatic rings. The number of hydrogen-bond donors (Lipinski definition) is 1. The summed E-state index contributed by atoms with van der Waals surface area (Å²) in [5, 5.41) is 8.99. The van der Waals surface area contributed by atoms with E-state index in [0.717, 1.165) is 12.1 Å². The molecule has 0 aliphatic carbocycles. The van der Waals surface area contributed by atoms with Crippen molar-refractivity contribution in [1.82, 2.24) is 4.90 Å². The number of likely N-dealkylation sites (tertiary alicyclic amines) is 1. The molecule has 2 aromatic rings. The van der Waals surface area contributed by atoms with Gasteiger partial charge in [0.1, 0.15) is 11.5 Å². The van der Waals surface area contributed by atoms with Crippen molar-refractivity contribution in [3.8, 4) is 11.5 Å². The molecule has 1 amide bonds. The number of carboxylic acid groups (broad SMARTS) is 1. The van der Waals surface area contributed by atoms with Gasteiger partial charge in [0.05, 0.1) is 5.92 Å². The molecule has 5 nitrogen and oxygen atoms in total. The number of ether oxygens (including phenoxy) is 1. The Morgan fingerprint density at radius 1 is 1.04 bits per heavy atom. The van der Waals surface area contributed by atoms with Crippen LogP contribution in [0.1, 0.15) is 16.8 Å². The van der Waals surface area contributed by atoms with Crippen LogP contribution >= 0.6 is 0 Å². The summed E-state index contributed by atoms with van der Waals surface area (Å²) in [7, 11) is 0. The van der Waals surface area contributed by atoms with Gasteiger partial charge in [0.15, 0.2) is 11.6 Å². The Morgan fingerprint density at radius 3 is 2.32 bits per heavy atom. The van der Waals surface area contributed by atoms with E-state index in [-0.39, 0.29) is 18.2 Å². The van der Waals surface area contributed by atoms with Crippen LogP contribution in [0.5, 0.6) is 11.5 Å². The van der Waals surface area contributed by atoms with E-state index in [9.17, 15) is 18.4 Å². The first-order valence-corrected chi connectivity index (χ1v) is 7.69. The van der Waals surface area contributed by atoms with Gasteiger partial charge >= 0.3 is 5.97 Å². The topological polar surface area (TPSA) is 66.8 Å². The third-order valence-electron chi connectivity index (χ3n) is 4.05. The van der Waals surface area contributed by atoms with Gasteiger partial charge in [-0.1, -0.05) is 0 Å². The predicted molar refractivity (Wildman–Crippen MR) is 84.5 cm³/mol. The van der Waals surface area contributed by atoms with E-state index in [1.807, 2.05) is 0 Å². The molecule has 2 aromatic carbocycles. The molecule has 7 heteroatoms. The van der Waals surface area contributed by atoms with E-state index in [4.69, 9.17) is 9.84 Å². The highest BCUT2D eigenvalue weighted by Gasteiger charge is 2.31. The van der Waals surface area contributed by atoms with E-state index in [1.165, 1.54) is 11.0 Å². The molecule has 0 saturated carbocycles. The molecule has 0 spiro atoms. The Balaban J connectivity index is 1.66. The molecular weight excluding hydrogens is 332 g/mol. The second-order valence-corrected chi connectivity index (χ2v) is 5.78. The zero-order chi connectivity index (χ0) is 18.0. The van der Waals surface area contributed by atoms with Crippen LogP contribution in [0.15, 0.2) is 42.5 Å². The molecular formula is C18H15F2NO4. The first-order chi connectivity index (χ1) is 11.9. The fourth-order valence-corrected chi connectivity index (χ4v) is 2.67. The zero-order valence-corrected chi connectivity index (χ0v) is 13.1. The van der Waals surface area contributed by atoms with Crippen LogP contribution in [0.2, 0.25) is 0 Å². The molecule has 25 heavy (non-hydrogen) atoms. The summed E-state index contributed by atoms with van der Waals surface area (Å²) in [5.74, 6) is -3.13. The normalized spacial score (nSPS) is 16.7. The smallest absolute Gasteiger partial charge is 0.308 e. The zero-order valence-electron chi connectivity index (χ0n) is 13.1. The van der Waals surface area contributed by atoms with Gasteiger partial charge in [0.25, 0.3) is 5.91 Å². The molecule has 0 bridgehead atoms. The van der Waals surface area contributed by atoms with Crippen molar-refractivity contribution in [3.63, 3.8) is 0 Å². The number of carbonyl (C=O) groups is 2. The van der Waals surface area contributed by atoms with Crippen molar-refractivity contribution in [2.75, 3.05) is 13.1 Å². The van der Waals surface area contributed by atoms with Crippen molar-refractivity contribution in [2.24, 2.45) is 5.92 Å². The van der Waals surface area contributed by atoms with Gasteiger partial charge in [-0.25, -0.2) is 8.78 Å². The summed E-state index contributed by atoms with van der Waals surface area (Å²) in [4.78, 5) is 24.8. The lowest BCUT2D eigenvalue weighted by Crippen LogP contribution is -2.29. The summed E-state index contributed by atoms with van der Waals surface area (Å²) in [6.45, 7) is 0.601. The molecule has 0 radical (unpaired) electrons. The molecule has 0 aromatic heterocycles.